The van der Waals surface area contributed by atoms with Crippen LogP contribution in [0.1, 0.15) is 29.7 Å². The van der Waals surface area contributed by atoms with Gasteiger partial charge in [-0.25, -0.2) is 14.4 Å². The highest BCUT2D eigenvalue weighted by Gasteiger charge is 2.36. The van der Waals surface area contributed by atoms with Crippen LogP contribution in [-0.4, -0.2) is 34.8 Å². The van der Waals surface area contributed by atoms with Crippen LogP contribution in [-0.2, 0) is 6.42 Å². The molecule has 24 heavy (non-hydrogen) atoms. The molecule has 0 spiro atoms. The molecule has 1 saturated heterocycles. The smallest absolute Gasteiger partial charge is 0.135 e. The molecule has 0 aliphatic carbocycles. The monoisotopic (exact) mass is 329 g/mol. The maximum Gasteiger partial charge on any atom is 0.135 e. The van der Waals surface area contributed by atoms with E-state index >= 15 is 0 Å². The van der Waals surface area contributed by atoms with Crippen LogP contribution < -0.4 is 4.90 Å². The second kappa shape index (κ2) is 6.85. The molecule has 3 rings (SSSR count). The molecule has 1 aromatic carbocycles. The second-order valence-electron chi connectivity index (χ2n) is 6.89. The number of nitrogens with zero attached hydrogens (tertiary/aromatic N) is 3. The van der Waals surface area contributed by atoms with E-state index in [1.54, 1.807) is 6.33 Å². The second-order valence-corrected chi connectivity index (χ2v) is 6.89. The van der Waals surface area contributed by atoms with Gasteiger partial charge in [0.1, 0.15) is 18.0 Å². The number of benzene rings is 1. The third-order valence-corrected chi connectivity index (χ3v) is 5.10. The van der Waals surface area contributed by atoms with Crippen molar-refractivity contribution in [2.24, 2.45) is 5.41 Å². The Balaban J connectivity index is 1.83. The van der Waals surface area contributed by atoms with Crippen molar-refractivity contribution in [3.05, 3.63) is 53.2 Å². The molecule has 0 saturated carbocycles. The lowest BCUT2D eigenvalue weighted by atomic mass is 9.75. The van der Waals surface area contributed by atoms with Gasteiger partial charge in [0.2, 0.25) is 0 Å². The number of rotatable bonds is 4. The Morgan fingerprint density at radius 3 is 2.67 bits per heavy atom. The highest BCUT2D eigenvalue weighted by molar-refractivity contribution is 5.48. The number of hydrogen-bond donors (Lipinski definition) is 1. The maximum atomic E-state index is 13.1. The van der Waals surface area contributed by atoms with E-state index in [-0.39, 0.29) is 17.8 Å². The van der Waals surface area contributed by atoms with E-state index in [1.807, 2.05) is 26.0 Å². The highest BCUT2D eigenvalue weighted by Crippen LogP contribution is 2.36. The van der Waals surface area contributed by atoms with Gasteiger partial charge < -0.3 is 10.0 Å². The van der Waals surface area contributed by atoms with Crippen molar-refractivity contribution < 1.29 is 9.50 Å². The van der Waals surface area contributed by atoms with Gasteiger partial charge in [-0.2, -0.15) is 0 Å². The summed E-state index contributed by atoms with van der Waals surface area (Å²) in [6, 6.07) is 6.59. The fourth-order valence-electron chi connectivity index (χ4n) is 3.60. The third-order valence-electron chi connectivity index (χ3n) is 5.10. The third kappa shape index (κ3) is 3.41. The molecule has 1 aromatic heterocycles. The molecule has 4 nitrogen and oxygen atoms in total. The first-order valence-corrected chi connectivity index (χ1v) is 8.41. The summed E-state index contributed by atoms with van der Waals surface area (Å²) in [6.07, 6.45) is 4.31. The molecule has 1 aliphatic rings. The molecule has 5 heteroatoms. The molecule has 1 fully saturated rings. The van der Waals surface area contributed by atoms with Gasteiger partial charge in [0.15, 0.2) is 0 Å². The van der Waals surface area contributed by atoms with Crippen LogP contribution in [0.15, 0.2) is 30.6 Å². The van der Waals surface area contributed by atoms with Gasteiger partial charge >= 0.3 is 0 Å². The van der Waals surface area contributed by atoms with Crippen LogP contribution >= 0.6 is 0 Å². The average molecular weight is 329 g/mol. The Kier molecular flexibility index (Phi) is 4.81. The van der Waals surface area contributed by atoms with E-state index in [0.717, 1.165) is 55.0 Å². The van der Waals surface area contributed by atoms with Crippen molar-refractivity contribution in [1.29, 1.82) is 0 Å². The number of aliphatic hydroxyl groups is 1. The van der Waals surface area contributed by atoms with Crippen LogP contribution in [0.4, 0.5) is 10.2 Å². The number of aliphatic hydroxyl groups excluding tert-OH is 1. The van der Waals surface area contributed by atoms with E-state index in [9.17, 15) is 9.50 Å². The minimum atomic E-state index is -0.228. The van der Waals surface area contributed by atoms with E-state index < -0.39 is 0 Å². The Hall–Kier alpha value is -2.01. The zero-order chi connectivity index (χ0) is 17.2. The summed E-state index contributed by atoms with van der Waals surface area (Å²) in [5, 5.41) is 10.1. The first-order valence-electron chi connectivity index (χ1n) is 8.41. The minimum Gasteiger partial charge on any atom is -0.396 e. The van der Waals surface area contributed by atoms with Crippen molar-refractivity contribution in [3.63, 3.8) is 0 Å². The van der Waals surface area contributed by atoms with Crippen LogP contribution in [0.3, 0.4) is 0 Å². The largest absolute Gasteiger partial charge is 0.396 e. The lowest BCUT2D eigenvalue weighted by molar-refractivity contribution is 0.105. The number of aryl methyl sites for hydroxylation is 1. The standard InChI is InChI=1S/C19H24FN3O/c1-14-15(2)21-13-22-18(14)23-9-3-8-19(11-23,12-24)10-16-4-6-17(20)7-5-16/h4-7,13,24H,3,8-12H2,1-2H3/t19-/m0/s1. The molecule has 0 unspecified atom stereocenters. The first-order chi connectivity index (χ1) is 11.5. The molecule has 0 amide bonds. The van der Waals surface area contributed by atoms with Crippen molar-refractivity contribution >= 4 is 5.82 Å². The Bertz CT molecular complexity index is 704. The van der Waals surface area contributed by atoms with Gasteiger partial charge in [0.25, 0.3) is 0 Å². The summed E-state index contributed by atoms with van der Waals surface area (Å²) >= 11 is 0. The van der Waals surface area contributed by atoms with Crippen LogP contribution in [0.25, 0.3) is 0 Å². The summed E-state index contributed by atoms with van der Waals surface area (Å²) in [4.78, 5) is 11.0. The Labute approximate surface area is 142 Å². The summed E-state index contributed by atoms with van der Waals surface area (Å²) in [7, 11) is 0. The molecule has 0 radical (unpaired) electrons. The lowest BCUT2D eigenvalue weighted by Gasteiger charge is -2.43. The Morgan fingerprint density at radius 1 is 1.21 bits per heavy atom. The average Bonchev–Trinajstić information content (AvgIpc) is 2.60. The van der Waals surface area contributed by atoms with Crippen molar-refractivity contribution in [2.75, 3.05) is 24.6 Å². The summed E-state index contributed by atoms with van der Waals surface area (Å²) < 4.78 is 13.1. The molecular weight excluding hydrogens is 305 g/mol. The van der Waals surface area contributed by atoms with E-state index in [2.05, 4.69) is 14.9 Å². The molecule has 2 aromatic rings. The van der Waals surface area contributed by atoms with Crippen LogP contribution in [0.5, 0.6) is 0 Å². The van der Waals surface area contributed by atoms with E-state index in [4.69, 9.17) is 0 Å². The Morgan fingerprint density at radius 2 is 1.96 bits per heavy atom. The lowest BCUT2D eigenvalue weighted by Crippen LogP contribution is -2.47. The zero-order valence-electron chi connectivity index (χ0n) is 14.3. The SMILES string of the molecule is Cc1ncnc(N2CCC[C@](CO)(Cc3ccc(F)cc3)C2)c1C. The van der Waals surface area contributed by atoms with Crippen molar-refractivity contribution in [1.82, 2.24) is 9.97 Å². The summed E-state index contributed by atoms with van der Waals surface area (Å²) in [6.45, 7) is 5.83. The first kappa shape index (κ1) is 16.8. The molecule has 0 bridgehead atoms. The van der Waals surface area contributed by atoms with Crippen LogP contribution in [0.2, 0.25) is 0 Å². The molecule has 1 aliphatic heterocycles. The highest BCUT2D eigenvalue weighted by atomic mass is 19.1. The van der Waals surface area contributed by atoms with Gasteiger partial charge in [-0.1, -0.05) is 12.1 Å². The molecule has 128 valence electrons. The number of aromatic nitrogens is 2. The predicted octanol–water partition coefficient (Wildman–Crippen LogP) is 3.05. The fourth-order valence-corrected chi connectivity index (χ4v) is 3.60. The molecule has 1 N–H and O–H groups in total. The number of halogens is 1. The van der Waals surface area contributed by atoms with Gasteiger partial charge in [-0.15, -0.1) is 0 Å². The molecular formula is C19H24FN3O. The fraction of sp³-hybridized carbons (Fsp3) is 0.474. The zero-order valence-corrected chi connectivity index (χ0v) is 14.3. The normalized spacial score (nSPS) is 21.1. The van der Waals surface area contributed by atoms with Gasteiger partial charge in [0, 0.05) is 29.8 Å². The van der Waals surface area contributed by atoms with Gasteiger partial charge in [0.05, 0.1) is 6.61 Å². The molecule has 1 atom stereocenters. The maximum absolute atomic E-state index is 13.1. The summed E-state index contributed by atoms with van der Waals surface area (Å²) in [5.41, 5.74) is 2.91. The van der Waals surface area contributed by atoms with Gasteiger partial charge in [-0.05, 0) is 50.8 Å². The summed E-state index contributed by atoms with van der Waals surface area (Å²) in [5.74, 6) is 0.730. The number of piperidine rings is 1. The van der Waals surface area contributed by atoms with E-state index in [1.165, 1.54) is 12.1 Å². The topological polar surface area (TPSA) is 49.2 Å². The number of hydrogen-bond acceptors (Lipinski definition) is 4. The molecule has 2 heterocycles. The number of anilines is 1. The quantitative estimate of drug-likeness (QED) is 0.937. The van der Waals surface area contributed by atoms with Crippen LogP contribution in [0, 0.1) is 25.1 Å². The van der Waals surface area contributed by atoms with Crippen molar-refractivity contribution in [3.8, 4) is 0 Å². The predicted molar refractivity (Wildman–Crippen MR) is 92.6 cm³/mol. The van der Waals surface area contributed by atoms with Crippen molar-refractivity contribution in [2.45, 2.75) is 33.1 Å². The van der Waals surface area contributed by atoms with Gasteiger partial charge in [-0.3, -0.25) is 0 Å². The minimum absolute atomic E-state index is 0.115. The van der Waals surface area contributed by atoms with E-state index in [0.29, 0.717) is 0 Å².